The van der Waals surface area contributed by atoms with Gasteiger partial charge in [-0.15, -0.1) is 0 Å². The summed E-state index contributed by atoms with van der Waals surface area (Å²) in [6.45, 7) is 2.45. The summed E-state index contributed by atoms with van der Waals surface area (Å²) in [5.74, 6) is -0.222. The summed E-state index contributed by atoms with van der Waals surface area (Å²) >= 11 is 0. The molecular weight excluding hydrogens is 307 g/mol. The Balaban J connectivity index is 1.83. The highest BCUT2D eigenvalue weighted by molar-refractivity contribution is 5.73. The van der Waals surface area contributed by atoms with E-state index in [-0.39, 0.29) is 30.9 Å². The van der Waals surface area contributed by atoms with Crippen LogP contribution in [-0.4, -0.2) is 24.3 Å². The third kappa shape index (κ3) is 5.35. The van der Waals surface area contributed by atoms with E-state index < -0.39 is 0 Å². The van der Waals surface area contributed by atoms with E-state index in [0.29, 0.717) is 24.1 Å². The maximum Gasteiger partial charge on any atom is 0.315 e. The molecule has 1 atom stereocenters. The average molecular weight is 330 g/mol. The Bertz CT molecular complexity index is 662. The van der Waals surface area contributed by atoms with Gasteiger partial charge in [0.1, 0.15) is 5.82 Å². The molecule has 0 aliphatic rings. The smallest absolute Gasteiger partial charge is 0.315 e. The molecule has 5 heteroatoms. The summed E-state index contributed by atoms with van der Waals surface area (Å²) in [5, 5.41) is 14.7. The lowest BCUT2D eigenvalue weighted by Gasteiger charge is -2.17. The minimum Gasteiger partial charge on any atom is -0.396 e. The molecule has 24 heavy (non-hydrogen) atoms. The Morgan fingerprint density at radius 3 is 2.58 bits per heavy atom. The predicted octanol–water partition coefficient (Wildman–Crippen LogP) is 3.10. The second-order valence-electron chi connectivity index (χ2n) is 5.77. The molecule has 3 N–H and O–H groups in total. The molecule has 0 fully saturated rings. The lowest BCUT2D eigenvalue weighted by molar-refractivity contribution is 0.237. The number of hydrogen-bond acceptors (Lipinski definition) is 2. The van der Waals surface area contributed by atoms with Crippen LogP contribution >= 0.6 is 0 Å². The number of aliphatic hydroxyl groups excluding tert-OH is 1. The van der Waals surface area contributed by atoms with E-state index in [9.17, 15) is 14.3 Å². The standard InChI is InChI=1S/C19H23FN2O2/c1-14-7-8-15(11-18(14)20)12-21-19(24)22-13-17(9-10-23)16-5-3-2-4-6-16/h2-8,11,17,23H,9-10,12-13H2,1H3,(H2,21,22,24). The van der Waals surface area contributed by atoms with Gasteiger partial charge in [-0.2, -0.15) is 0 Å². The fourth-order valence-electron chi connectivity index (χ4n) is 2.47. The van der Waals surface area contributed by atoms with Gasteiger partial charge in [-0.05, 0) is 36.1 Å². The van der Waals surface area contributed by atoms with Gasteiger partial charge in [0.2, 0.25) is 0 Å². The molecule has 2 aromatic rings. The summed E-state index contributed by atoms with van der Waals surface area (Å²) in [6.07, 6.45) is 0.577. The summed E-state index contributed by atoms with van der Waals surface area (Å²) in [5.41, 5.74) is 2.37. The van der Waals surface area contributed by atoms with E-state index in [4.69, 9.17) is 0 Å². The van der Waals surface area contributed by atoms with Crippen molar-refractivity contribution < 1.29 is 14.3 Å². The van der Waals surface area contributed by atoms with Crippen molar-refractivity contribution in [2.45, 2.75) is 25.8 Å². The first kappa shape index (κ1) is 17.9. The van der Waals surface area contributed by atoms with E-state index in [1.54, 1.807) is 19.1 Å². The number of aliphatic hydroxyl groups is 1. The van der Waals surface area contributed by atoms with Gasteiger partial charge < -0.3 is 15.7 Å². The number of hydrogen-bond donors (Lipinski definition) is 3. The Hall–Kier alpha value is -2.40. The zero-order valence-corrected chi connectivity index (χ0v) is 13.8. The zero-order chi connectivity index (χ0) is 17.4. The molecule has 0 saturated heterocycles. The lowest BCUT2D eigenvalue weighted by Crippen LogP contribution is -2.37. The van der Waals surface area contributed by atoms with Gasteiger partial charge >= 0.3 is 6.03 Å². The lowest BCUT2D eigenvalue weighted by atomic mass is 9.96. The third-order valence-corrected chi connectivity index (χ3v) is 3.95. The number of urea groups is 1. The van der Waals surface area contributed by atoms with Crippen molar-refractivity contribution >= 4 is 6.03 Å². The fourth-order valence-corrected chi connectivity index (χ4v) is 2.47. The monoisotopic (exact) mass is 330 g/mol. The summed E-state index contributed by atoms with van der Waals surface area (Å²) < 4.78 is 13.5. The van der Waals surface area contributed by atoms with Gasteiger partial charge in [-0.25, -0.2) is 9.18 Å². The number of halogens is 1. The molecule has 128 valence electrons. The normalized spacial score (nSPS) is 11.8. The maximum atomic E-state index is 13.5. The molecule has 0 heterocycles. The van der Waals surface area contributed by atoms with Crippen LogP contribution in [0.3, 0.4) is 0 Å². The highest BCUT2D eigenvalue weighted by Gasteiger charge is 2.12. The summed E-state index contributed by atoms with van der Waals surface area (Å²) in [6, 6.07) is 14.4. The van der Waals surface area contributed by atoms with E-state index in [2.05, 4.69) is 10.6 Å². The highest BCUT2D eigenvalue weighted by atomic mass is 19.1. The van der Waals surface area contributed by atoms with E-state index in [0.717, 1.165) is 5.56 Å². The Labute approximate surface area is 141 Å². The zero-order valence-electron chi connectivity index (χ0n) is 13.8. The molecular formula is C19H23FN2O2. The first-order valence-electron chi connectivity index (χ1n) is 8.02. The average Bonchev–Trinajstić information content (AvgIpc) is 2.60. The second-order valence-corrected chi connectivity index (χ2v) is 5.77. The minimum atomic E-state index is -0.310. The van der Waals surface area contributed by atoms with Gasteiger partial charge in [-0.3, -0.25) is 0 Å². The van der Waals surface area contributed by atoms with Crippen LogP contribution in [0.25, 0.3) is 0 Å². The second kappa shape index (κ2) is 9.03. The molecule has 4 nitrogen and oxygen atoms in total. The molecule has 0 bridgehead atoms. The first-order chi connectivity index (χ1) is 11.6. The molecule has 0 aliphatic carbocycles. The number of nitrogens with one attached hydrogen (secondary N) is 2. The molecule has 2 amide bonds. The van der Waals surface area contributed by atoms with Crippen LogP contribution in [0.5, 0.6) is 0 Å². The molecule has 0 spiro atoms. The molecule has 0 radical (unpaired) electrons. The first-order valence-corrected chi connectivity index (χ1v) is 8.02. The fraction of sp³-hybridized carbons (Fsp3) is 0.316. The number of amides is 2. The van der Waals surface area contributed by atoms with Crippen molar-refractivity contribution in [1.82, 2.24) is 10.6 Å². The van der Waals surface area contributed by atoms with Crippen LogP contribution in [0.1, 0.15) is 29.0 Å². The topological polar surface area (TPSA) is 61.4 Å². The molecule has 1 unspecified atom stereocenters. The number of carbonyl (C=O) groups is 1. The van der Waals surface area contributed by atoms with Crippen molar-refractivity contribution in [1.29, 1.82) is 0 Å². The van der Waals surface area contributed by atoms with Crippen molar-refractivity contribution in [2.75, 3.05) is 13.2 Å². The predicted molar refractivity (Wildman–Crippen MR) is 92.3 cm³/mol. The van der Waals surface area contributed by atoms with Gasteiger partial charge in [0.05, 0.1) is 0 Å². The number of carbonyl (C=O) groups excluding carboxylic acids is 1. The highest BCUT2D eigenvalue weighted by Crippen LogP contribution is 2.18. The van der Waals surface area contributed by atoms with Crippen LogP contribution in [0, 0.1) is 12.7 Å². The van der Waals surface area contributed by atoms with Crippen molar-refractivity contribution in [3.05, 3.63) is 71.0 Å². The van der Waals surface area contributed by atoms with E-state index in [1.807, 2.05) is 30.3 Å². The van der Waals surface area contributed by atoms with Crippen molar-refractivity contribution in [3.63, 3.8) is 0 Å². The summed E-state index contributed by atoms with van der Waals surface area (Å²) in [4.78, 5) is 11.9. The van der Waals surface area contributed by atoms with Crippen LogP contribution in [0.2, 0.25) is 0 Å². The molecule has 2 rings (SSSR count). The van der Waals surface area contributed by atoms with Gasteiger partial charge in [0.25, 0.3) is 0 Å². The Morgan fingerprint density at radius 1 is 1.17 bits per heavy atom. The molecule has 0 aromatic heterocycles. The number of benzene rings is 2. The quantitative estimate of drug-likeness (QED) is 0.730. The summed E-state index contributed by atoms with van der Waals surface area (Å²) in [7, 11) is 0. The van der Waals surface area contributed by atoms with Crippen molar-refractivity contribution in [2.24, 2.45) is 0 Å². The van der Waals surface area contributed by atoms with Crippen LogP contribution in [0.4, 0.5) is 9.18 Å². The Kier molecular flexibility index (Phi) is 6.75. The van der Waals surface area contributed by atoms with Crippen LogP contribution < -0.4 is 10.6 Å². The third-order valence-electron chi connectivity index (χ3n) is 3.95. The number of aryl methyl sites for hydroxylation is 1. The largest absolute Gasteiger partial charge is 0.396 e. The van der Waals surface area contributed by atoms with E-state index in [1.165, 1.54) is 6.07 Å². The number of rotatable bonds is 7. The minimum absolute atomic E-state index is 0.0544. The van der Waals surface area contributed by atoms with Crippen LogP contribution in [-0.2, 0) is 6.54 Å². The van der Waals surface area contributed by atoms with Gasteiger partial charge in [-0.1, -0.05) is 42.5 Å². The van der Waals surface area contributed by atoms with Gasteiger partial charge in [0, 0.05) is 25.6 Å². The molecule has 0 saturated carbocycles. The van der Waals surface area contributed by atoms with Crippen molar-refractivity contribution in [3.8, 4) is 0 Å². The maximum absolute atomic E-state index is 13.5. The van der Waals surface area contributed by atoms with Gasteiger partial charge in [0.15, 0.2) is 0 Å². The van der Waals surface area contributed by atoms with E-state index >= 15 is 0 Å². The molecule has 2 aromatic carbocycles. The SMILES string of the molecule is Cc1ccc(CNC(=O)NCC(CCO)c2ccccc2)cc1F. The Morgan fingerprint density at radius 2 is 1.92 bits per heavy atom. The molecule has 0 aliphatic heterocycles. The van der Waals surface area contributed by atoms with Crippen LogP contribution in [0.15, 0.2) is 48.5 Å².